The molecule has 122 valence electrons. The fraction of sp³-hybridized carbons (Fsp3) is 0.545. The number of aromatic amines is 1. The summed E-state index contributed by atoms with van der Waals surface area (Å²) in [6.07, 6.45) is 3.24. The van der Waals surface area contributed by atoms with Gasteiger partial charge in [-0.1, -0.05) is 0 Å². The summed E-state index contributed by atoms with van der Waals surface area (Å²) >= 11 is 3.04. The lowest BCUT2D eigenvalue weighted by Gasteiger charge is -2.23. The smallest absolute Gasteiger partial charge is 0.312 e. The van der Waals surface area contributed by atoms with Gasteiger partial charge >= 0.3 is 6.03 Å². The van der Waals surface area contributed by atoms with Gasteiger partial charge in [-0.2, -0.15) is 0 Å². The first-order valence-corrected chi connectivity index (χ1v) is 8.78. The monoisotopic (exact) mass is 393 g/mol. The zero-order valence-corrected chi connectivity index (χ0v) is 13.9. The Morgan fingerprint density at radius 1 is 1.64 bits per heavy atom. The van der Waals surface area contributed by atoms with E-state index in [1.54, 1.807) is 0 Å². The van der Waals surface area contributed by atoms with Gasteiger partial charge in [0.1, 0.15) is 6.29 Å². The van der Waals surface area contributed by atoms with Crippen LogP contribution in [-0.2, 0) is 14.8 Å². The van der Waals surface area contributed by atoms with Crippen molar-refractivity contribution in [1.29, 1.82) is 0 Å². The maximum Gasteiger partial charge on any atom is 0.312 e. The van der Waals surface area contributed by atoms with Crippen LogP contribution in [0.4, 0.5) is 4.79 Å². The van der Waals surface area contributed by atoms with E-state index in [0.29, 0.717) is 30.3 Å². The van der Waals surface area contributed by atoms with Crippen LogP contribution in [0, 0.1) is 5.92 Å². The molecule has 1 saturated carbocycles. The molecule has 0 radical (unpaired) electrons. The minimum absolute atomic E-state index is 0.0470. The summed E-state index contributed by atoms with van der Waals surface area (Å²) in [4.78, 5) is 28.5. The average Bonchev–Trinajstić information content (AvgIpc) is 3.04. The van der Waals surface area contributed by atoms with E-state index in [4.69, 9.17) is 5.73 Å². The molecule has 11 heteroatoms. The Kier molecular flexibility index (Phi) is 4.87. The summed E-state index contributed by atoms with van der Waals surface area (Å²) in [7, 11) is -3.69. The van der Waals surface area contributed by atoms with Crippen LogP contribution in [0.3, 0.4) is 0 Å². The molecule has 2 rings (SSSR count). The fourth-order valence-corrected chi connectivity index (χ4v) is 4.05. The Bertz CT molecular complexity index is 676. The number of aldehydes is 1. The van der Waals surface area contributed by atoms with E-state index in [0.717, 1.165) is 0 Å². The topological polar surface area (TPSA) is 147 Å². The van der Waals surface area contributed by atoms with Gasteiger partial charge < -0.3 is 20.8 Å². The maximum absolute atomic E-state index is 12.0. The van der Waals surface area contributed by atoms with Gasteiger partial charge in [-0.15, -0.1) is 0 Å². The lowest BCUT2D eigenvalue weighted by atomic mass is 9.98. The Labute approximate surface area is 135 Å². The lowest BCUT2D eigenvalue weighted by Crippen LogP contribution is -2.50. The maximum atomic E-state index is 12.0. The van der Waals surface area contributed by atoms with Gasteiger partial charge in [0.15, 0.2) is 9.76 Å². The molecule has 1 aliphatic rings. The standard InChI is InChI=1S/C11H16BrN5O4S/c12-9-14-5-8(16-9)22(20,21)15-4-7-1-2-11(3-7,6-18)17-10(13)19/h5-7,15H,1-4H2,(H,14,16)(H3,13,17,19). The quantitative estimate of drug-likeness (QED) is 0.496. The SMILES string of the molecule is NC(=O)NC1(C=O)CCC(CNS(=O)(=O)c2cnc(Br)[nH]2)C1. The second-order valence-electron chi connectivity index (χ2n) is 5.26. The van der Waals surface area contributed by atoms with Crippen LogP contribution >= 0.6 is 15.9 Å². The number of amides is 2. The third kappa shape index (κ3) is 3.84. The largest absolute Gasteiger partial charge is 0.352 e. The molecule has 2 amide bonds. The van der Waals surface area contributed by atoms with Crippen LogP contribution in [0.2, 0.25) is 0 Å². The first-order chi connectivity index (χ1) is 10.3. The van der Waals surface area contributed by atoms with Crippen molar-refractivity contribution in [3.8, 4) is 0 Å². The molecule has 5 N–H and O–H groups in total. The minimum atomic E-state index is -3.69. The molecule has 22 heavy (non-hydrogen) atoms. The number of nitrogens with zero attached hydrogens (tertiary/aromatic N) is 1. The van der Waals surface area contributed by atoms with Crippen LogP contribution in [0.1, 0.15) is 19.3 Å². The number of rotatable bonds is 6. The molecule has 1 fully saturated rings. The highest BCUT2D eigenvalue weighted by molar-refractivity contribution is 9.10. The number of nitrogens with one attached hydrogen (secondary N) is 3. The number of halogens is 1. The van der Waals surface area contributed by atoms with Crippen LogP contribution in [0.25, 0.3) is 0 Å². The van der Waals surface area contributed by atoms with E-state index in [-0.39, 0.29) is 17.5 Å². The predicted molar refractivity (Wildman–Crippen MR) is 80.3 cm³/mol. The second kappa shape index (κ2) is 6.34. The van der Waals surface area contributed by atoms with Crippen molar-refractivity contribution in [2.45, 2.75) is 29.8 Å². The number of carbonyl (C=O) groups excluding carboxylic acids is 2. The molecule has 9 nitrogen and oxygen atoms in total. The summed E-state index contributed by atoms with van der Waals surface area (Å²) in [5.74, 6) is -0.0711. The van der Waals surface area contributed by atoms with Crippen molar-refractivity contribution >= 4 is 38.3 Å². The van der Waals surface area contributed by atoms with Crippen LogP contribution in [0.5, 0.6) is 0 Å². The molecular weight excluding hydrogens is 378 g/mol. The zero-order chi connectivity index (χ0) is 16.4. The Balaban J connectivity index is 1.96. The molecule has 0 aliphatic heterocycles. The highest BCUT2D eigenvalue weighted by Crippen LogP contribution is 2.33. The molecule has 2 unspecified atom stereocenters. The molecule has 0 bridgehead atoms. The van der Waals surface area contributed by atoms with Crippen molar-refractivity contribution < 1.29 is 18.0 Å². The number of imidazole rings is 1. The van der Waals surface area contributed by atoms with E-state index < -0.39 is 21.6 Å². The third-order valence-electron chi connectivity index (χ3n) is 3.62. The number of urea groups is 1. The third-order valence-corrected chi connectivity index (χ3v) is 5.36. The van der Waals surface area contributed by atoms with Gasteiger partial charge in [0.05, 0.1) is 11.7 Å². The van der Waals surface area contributed by atoms with E-state index in [1.165, 1.54) is 6.20 Å². The molecule has 1 aromatic rings. The number of H-pyrrole nitrogens is 1. The number of sulfonamides is 1. The number of carbonyl (C=O) groups is 2. The van der Waals surface area contributed by atoms with Crippen molar-refractivity contribution in [2.75, 3.05) is 6.54 Å². The van der Waals surface area contributed by atoms with Crippen molar-refractivity contribution in [3.63, 3.8) is 0 Å². The summed E-state index contributed by atoms with van der Waals surface area (Å²) in [5.41, 5.74) is 4.06. The molecule has 1 aliphatic carbocycles. The second-order valence-corrected chi connectivity index (χ2v) is 7.75. The minimum Gasteiger partial charge on any atom is -0.352 e. The first-order valence-electron chi connectivity index (χ1n) is 6.50. The number of primary amides is 1. The molecule has 1 aromatic heterocycles. The van der Waals surface area contributed by atoms with E-state index in [2.05, 4.69) is 35.9 Å². The molecule has 0 aromatic carbocycles. The fourth-order valence-electron chi connectivity index (χ4n) is 2.57. The molecule has 1 heterocycles. The lowest BCUT2D eigenvalue weighted by molar-refractivity contribution is -0.112. The van der Waals surface area contributed by atoms with E-state index in [1.807, 2.05) is 0 Å². The van der Waals surface area contributed by atoms with Crippen molar-refractivity contribution in [1.82, 2.24) is 20.0 Å². The van der Waals surface area contributed by atoms with Gasteiger partial charge in [-0.3, -0.25) is 0 Å². The molecule has 0 spiro atoms. The van der Waals surface area contributed by atoms with Crippen LogP contribution in [-0.4, -0.2) is 42.8 Å². The molecule has 2 atom stereocenters. The van der Waals surface area contributed by atoms with Gasteiger partial charge in [-0.25, -0.2) is 22.9 Å². The van der Waals surface area contributed by atoms with Gasteiger partial charge in [0.2, 0.25) is 0 Å². The van der Waals surface area contributed by atoms with Gasteiger partial charge in [-0.05, 0) is 41.1 Å². The van der Waals surface area contributed by atoms with Gasteiger partial charge in [0, 0.05) is 6.54 Å². The summed E-state index contributed by atoms with van der Waals surface area (Å²) < 4.78 is 26.9. The normalized spacial score (nSPS) is 25.0. The van der Waals surface area contributed by atoms with Crippen LogP contribution in [0.15, 0.2) is 16.0 Å². The Hall–Kier alpha value is -1.46. The van der Waals surface area contributed by atoms with Gasteiger partial charge in [0.25, 0.3) is 10.0 Å². The number of nitrogens with two attached hydrogens (primary N) is 1. The van der Waals surface area contributed by atoms with Crippen molar-refractivity contribution in [2.24, 2.45) is 11.7 Å². The van der Waals surface area contributed by atoms with E-state index in [9.17, 15) is 18.0 Å². The number of hydrogen-bond donors (Lipinski definition) is 4. The summed E-state index contributed by atoms with van der Waals surface area (Å²) in [5, 5.41) is 2.39. The number of hydrogen-bond acceptors (Lipinski definition) is 5. The molecular formula is C11H16BrN5O4S. The highest BCUT2D eigenvalue weighted by Gasteiger charge is 2.40. The van der Waals surface area contributed by atoms with Crippen LogP contribution < -0.4 is 15.8 Å². The first kappa shape index (κ1) is 16.9. The summed E-state index contributed by atoms with van der Waals surface area (Å²) in [6, 6.07) is -0.768. The number of aromatic nitrogens is 2. The summed E-state index contributed by atoms with van der Waals surface area (Å²) in [6.45, 7) is 0.162. The Morgan fingerprint density at radius 3 is 2.91 bits per heavy atom. The highest BCUT2D eigenvalue weighted by atomic mass is 79.9. The predicted octanol–water partition coefficient (Wildman–Crippen LogP) is -0.143. The Morgan fingerprint density at radius 2 is 2.36 bits per heavy atom. The average molecular weight is 394 g/mol. The van der Waals surface area contributed by atoms with E-state index >= 15 is 0 Å². The molecule has 0 saturated heterocycles. The zero-order valence-electron chi connectivity index (χ0n) is 11.5. The van der Waals surface area contributed by atoms with Crippen molar-refractivity contribution in [3.05, 3.63) is 10.9 Å².